The maximum absolute atomic E-state index is 11.5. The molecule has 1 heterocycles. The van der Waals surface area contributed by atoms with Gasteiger partial charge in [-0.15, -0.1) is 0 Å². The van der Waals surface area contributed by atoms with Crippen molar-refractivity contribution in [2.75, 3.05) is 11.9 Å². The molecule has 2 aromatic rings. The van der Waals surface area contributed by atoms with Crippen molar-refractivity contribution >= 4 is 23.0 Å². The lowest BCUT2D eigenvalue weighted by Gasteiger charge is -2.42. The lowest BCUT2D eigenvalue weighted by molar-refractivity contribution is -0.384. The van der Waals surface area contributed by atoms with Gasteiger partial charge in [-0.25, -0.2) is 0 Å². The summed E-state index contributed by atoms with van der Waals surface area (Å²) < 4.78 is 5.84. The van der Waals surface area contributed by atoms with Crippen LogP contribution >= 0.6 is 0 Å². The van der Waals surface area contributed by atoms with Gasteiger partial charge in [-0.05, 0) is 38.4 Å². The van der Waals surface area contributed by atoms with Crippen LogP contribution in [0.15, 0.2) is 36.4 Å². The highest BCUT2D eigenvalue weighted by Crippen LogP contribution is 2.44. The molecule has 2 aromatic carbocycles. The van der Waals surface area contributed by atoms with Crippen LogP contribution in [0.3, 0.4) is 0 Å². The van der Waals surface area contributed by atoms with Crippen LogP contribution in [-0.4, -0.2) is 39.1 Å². The zero-order valence-corrected chi connectivity index (χ0v) is 17.8. The first kappa shape index (κ1) is 23.1. The summed E-state index contributed by atoms with van der Waals surface area (Å²) in [5.41, 5.74) is 0.0298. The molecular formula is C21H24N4O7. The van der Waals surface area contributed by atoms with E-state index in [2.05, 4.69) is 10.6 Å². The van der Waals surface area contributed by atoms with Crippen LogP contribution in [0.5, 0.6) is 5.75 Å². The van der Waals surface area contributed by atoms with E-state index in [1.165, 1.54) is 31.2 Å². The highest BCUT2D eigenvalue weighted by atomic mass is 16.6. The number of nitro groups is 2. The largest absolute Gasteiger partial charge is 0.484 e. The van der Waals surface area contributed by atoms with Crippen LogP contribution < -0.4 is 15.4 Å². The Labute approximate surface area is 183 Å². The predicted molar refractivity (Wildman–Crippen MR) is 116 cm³/mol. The number of anilines is 1. The van der Waals surface area contributed by atoms with Crippen LogP contribution in [0.4, 0.5) is 17.1 Å². The summed E-state index contributed by atoms with van der Waals surface area (Å²) in [5, 5.41) is 38.9. The van der Waals surface area contributed by atoms with Gasteiger partial charge in [-0.3, -0.25) is 25.0 Å². The molecule has 3 rings (SSSR count). The Bertz CT molecular complexity index is 1050. The SMILES string of the molecule is CC(=O)Nc1cc2c(cc1[N+](=O)[O-])OC(C)(C)C(O)C2NCCc1ccc([N+](=O)[O-])cc1. The average molecular weight is 444 g/mol. The van der Waals surface area contributed by atoms with Gasteiger partial charge in [0.05, 0.1) is 22.0 Å². The maximum atomic E-state index is 11.5. The second-order valence-corrected chi connectivity index (χ2v) is 8.10. The van der Waals surface area contributed by atoms with Crippen LogP contribution in [0.25, 0.3) is 0 Å². The van der Waals surface area contributed by atoms with Gasteiger partial charge in [0.25, 0.3) is 11.4 Å². The summed E-state index contributed by atoms with van der Waals surface area (Å²) in [6.07, 6.45) is -0.456. The Morgan fingerprint density at radius 2 is 1.81 bits per heavy atom. The Hall–Kier alpha value is -3.57. The van der Waals surface area contributed by atoms with Crippen molar-refractivity contribution in [1.82, 2.24) is 5.32 Å². The highest BCUT2D eigenvalue weighted by molar-refractivity contribution is 5.91. The van der Waals surface area contributed by atoms with Crippen molar-refractivity contribution in [3.63, 3.8) is 0 Å². The van der Waals surface area contributed by atoms with Gasteiger partial charge in [-0.2, -0.15) is 0 Å². The van der Waals surface area contributed by atoms with Crippen molar-refractivity contribution in [1.29, 1.82) is 0 Å². The monoisotopic (exact) mass is 444 g/mol. The number of hydrogen-bond acceptors (Lipinski definition) is 8. The first-order chi connectivity index (χ1) is 15.0. The quantitative estimate of drug-likeness (QED) is 0.434. The van der Waals surface area contributed by atoms with Gasteiger partial charge in [0, 0.05) is 24.6 Å². The van der Waals surface area contributed by atoms with Gasteiger partial charge in [0.1, 0.15) is 23.1 Å². The van der Waals surface area contributed by atoms with Gasteiger partial charge < -0.3 is 20.5 Å². The number of ether oxygens (including phenoxy) is 1. The molecule has 0 fully saturated rings. The van der Waals surface area contributed by atoms with Gasteiger partial charge in [-0.1, -0.05) is 12.1 Å². The Morgan fingerprint density at radius 1 is 1.16 bits per heavy atom. The number of hydrogen-bond donors (Lipinski definition) is 3. The molecule has 2 unspecified atom stereocenters. The van der Waals surface area contributed by atoms with E-state index in [0.29, 0.717) is 18.5 Å². The number of nitro benzene ring substituents is 2. The number of carbonyl (C=O) groups is 1. The standard InChI is InChI=1S/C21H24N4O7/c1-12(26)23-16-10-15-18(11-17(16)25(30)31)32-21(2,3)20(27)19(15)22-9-8-13-4-6-14(7-5-13)24(28)29/h4-7,10-11,19-20,22,27H,8-9H2,1-3H3,(H,23,26). The van der Waals surface area contributed by atoms with E-state index in [0.717, 1.165) is 5.56 Å². The minimum atomic E-state index is -1.03. The highest BCUT2D eigenvalue weighted by Gasteiger charge is 2.43. The number of carbonyl (C=O) groups excluding carboxylic acids is 1. The molecule has 0 saturated heterocycles. The molecule has 3 N–H and O–H groups in total. The maximum Gasteiger partial charge on any atom is 0.296 e. The van der Waals surface area contributed by atoms with Crippen molar-refractivity contribution in [2.24, 2.45) is 0 Å². The summed E-state index contributed by atoms with van der Waals surface area (Å²) in [6, 6.07) is 8.24. The molecule has 0 radical (unpaired) electrons. The molecule has 11 heteroatoms. The van der Waals surface area contributed by atoms with Crippen molar-refractivity contribution in [2.45, 2.75) is 44.9 Å². The molecule has 0 aliphatic carbocycles. The Kier molecular flexibility index (Phi) is 6.42. The van der Waals surface area contributed by atoms with Crippen molar-refractivity contribution in [3.05, 3.63) is 67.8 Å². The molecule has 11 nitrogen and oxygen atoms in total. The fourth-order valence-corrected chi connectivity index (χ4v) is 3.65. The second-order valence-electron chi connectivity index (χ2n) is 8.10. The molecular weight excluding hydrogens is 420 g/mol. The fourth-order valence-electron chi connectivity index (χ4n) is 3.65. The zero-order valence-electron chi connectivity index (χ0n) is 17.8. The Morgan fingerprint density at radius 3 is 2.38 bits per heavy atom. The number of aliphatic hydroxyl groups is 1. The molecule has 0 aromatic heterocycles. The van der Waals surface area contributed by atoms with Gasteiger partial charge in [0.15, 0.2) is 0 Å². The molecule has 2 atom stereocenters. The molecule has 1 amide bonds. The zero-order chi connectivity index (χ0) is 23.6. The smallest absolute Gasteiger partial charge is 0.296 e. The predicted octanol–water partition coefficient (Wildman–Crippen LogP) is 2.87. The molecule has 0 saturated carbocycles. The van der Waals surface area contributed by atoms with E-state index >= 15 is 0 Å². The molecule has 1 aliphatic heterocycles. The third-order valence-corrected chi connectivity index (χ3v) is 5.30. The van der Waals surface area contributed by atoms with E-state index in [1.807, 2.05) is 0 Å². The first-order valence-corrected chi connectivity index (χ1v) is 9.93. The second kappa shape index (κ2) is 8.89. The lowest BCUT2D eigenvalue weighted by Crippen LogP contribution is -2.52. The minimum Gasteiger partial charge on any atom is -0.484 e. The molecule has 32 heavy (non-hydrogen) atoms. The number of amides is 1. The molecule has 1 aliphatic rings. The third kappa shape index (κ3) is 4.84. The summed E-state index contributed by atoms with van der Waals surface area (Å²) >= 11 is 0. The number of fused-ring (bicyclic) bond motifs is 1. The van der Waals surface area contributed by atoms with E-state index in [4.69, 9.17) is 4.74 Å². The van der Waals surface area contributed by atoms with Crippen LogP contribution in [-0.2, 0) is 11.2 Å². The molecule has 170 valence electrons. The Balaban J connectivity index is 1.87. The van der Waals surface area contributed by atoms with Crippen molar-refractivity contribution < 1.29 is 24.5 Å². The summed E-state index contributed by atoms with van der Waals surface area (Å²) in [4.78, 5) is 32.7. The van der Waals surface area contributed by atoms with E-state index < -0.39 is 33.5 Å². The van der Waals surface area contributed by atoms with Crippen molar-refractivity contribution in [3.8, 4) is 5.75 Å². The van der Waals surface area contributed by atoms with E-state index in [9.17, 15) is 30.1 Å². The summed E-state index contributed by atoms with van der Waals surface area (Å²) in [7, 11) is 0. The minimum absolute atomic E-state index is 0.00401. The number of non-ortho nitro benzene ring substituents is 1. The number of rotatable bonds is 7. The van der Waals surface area contributed by atoms with E-state index in [1.54, 1.807) is 26.0 Å². The van der Waals surface area contributed by atoms with Crippen LogP contribution in [0, 0.1) is 20.2 Å². The number of nitrogens with zero attached hydrogens (tertiary/aromatic N) is 2. The van der Waals surface area contributed by atoms with Crippen LogP contribution in [0.1, 0.15) is 37.9 Å². The first-order valence-electron chi connectivity index (χ1n) is 9.93. The molecule has 0 spiro atoms. The fraction of sp³-hybridized carbons (Fsp3) is 0.381. The average Bonchev–Trinajstić information content (AvgIpc) is 2.70. The summed E-state index contributed by atoms with van der Waals surface area (Å²) in [6.45, 7) is 5.03. The van der Waals surface area contributed by atoms with Crippen LogP contribution in [0.2, 0.25) is 0 Å². The van der Waals surface area contributed by atoms with Gasteiger partial charge >= 0.3 is 0 Å². The number of nitrogens with one attached hydrogen (secondary N) is 2. The number of benzene rings is 2. The lowest BCUT2D eigenvalue weighted by atomic mass is 9.86. The van der Waals surface area contributed by atoms with E-state index in [-0.39, 0.29) is 22.8 Å². The van der Waals surface area contributed by atoms with Gasteiger partial charge in [0.2, 0.25) is 5.91 Å². The normalized spacial score (nSPS) is 18.9. The third-order valence-electron chi connectivity index (χ3n) is 5.30. The summed E-state index contributed by atoms with van der Waals surface area (Å²) in [5.74, 6) is -0.220. The molecule has 0 bridgehead atoms. The number of aliphatic hydroxyl groups excluding tert-OH is 1. The topological polar surface area (TPSA) is 157 Å².